The molecule has 0 aromatic heterocycles. The fourth-order valence-corrected chi connectivity index (χ4v) is 4.08. The van der Waals surface area contributed by atoms with Crippen molar-refractivity contribution in [1.29, 1.82) is 0 Å². The summed E-state index contributed by atoms with van der Waals surface area (Å²) in [6.45, 7) is 3.36. The Hall–Kier alpha value is -2.49. The molecule has 0 atom stereocenters. The predicted molar refractivity (Wildman–Crippen MR) is 115 cm³/mol. The van der Waals surface area contributed by atoms with Gasteiger partial charge in [0.25, 0.3) is 11.8 Å². The van der Waals surface area contributed by atoms with Gasteiger partial charge in [-0.25, -0.2) is 8.42 Å². The minimum absolute atomic E-state index is 0.0917. The molecule has 0 fully saturated rings. The molecule has 0 heterocycles. The van der Waals surface area contributed by atoms with Gasteiger partial charge >= 0.3 is 0 Å². The zero-order chi connectivity index (χ0) is 21.6. The Morgan fingerprint density at radius 1 is 1.03 bits per heavy atom. The molecule has 0 bridgehead atoms. The van der Waals surface area contributed by atoms with Crippen LogP contribution in [0.2, 0.25) is 0 Å². The van der Waals surface area contributed by atoms with Crippen LogP contribution in [0.25, 0.3) is 6.08 Å². The van der Waals surface area contributed by atoms with E-state index in [0.29, 0.717) is 0 Å². The van der Waals surface area contributed by atoms with Crippen LogP contribution in [-0.2, 0) is 19.6 Å². The number of benzene rings is 2. The van der Waals surface area contributed by atoms with Crippen LogP contribution in [0.3, 0.4) is 0 Å². The molecule has 0 spiro atoms. The zero-order valence-corrected chi connectivity index (χ0v) is 18.7. The van der Waals surface area contributed by atoms with Gasteiger partial charge in [0.2, 0.25) is 10.0 Å². The Kier molecular flexibility index (Phi) is 7.72. The van der Waals surface area contributed by atoms with Gasteiger partial charge in [-0.05, 0) is 49.2 Å². The zero-order valence-electron chi connectivity index (χ0n) is 16.3. The summed E-state index contributed by atoms with van der Waals surface area (Å²) in [6.07, 6.45) is 2.86. The summed E-state index contributed by atoms with van der Waals surface area (Å²) in [5.74, 6) is -1.21. The lowest BCUT2D eigenvalue weighted by atomic mass is 10.1. The van der Waals surface area contributed by atoms with Crippen molar-refractivity contribution < 1.29 is 18.0 Å². The van der Waals surface area contributed by atoms with Crippen molar-refractivity contribution in [3.63, 3.8) is 0 Å². The first-order valence-corrected chi connectivity index (χ1v) is 10.9. The first-order chi connectivity index (χ1) is 13.6. The van der Waals surface area contributed by atoms with Gasteiger partial charge in [-0.3, -0.25) is 20.4 Å². The molecule has 29 heavy (non-hydrogen) atoms. The van der Waals surface area contributed by atoms with E-state index in [9.17, 15) is 18.0 Å². The SMILES string of the molecule is Cc1ccc(S(=O)(=O)N(C)CC(=O)NNC(=O)/C=C/c2ccc(C)cc2Br)cc1. The lowest BCUT2D eigenvalue weighted by Crippen LogP contribution is -2.46. The van der Waals surface area contributed by atoms with Crippen molar-refractivity contribution in [3.8, 4) is 0 Å². The van der Waals surface area contributed by atoms with Crippen LogP contribution in [0.15, 0.2) is 57.9 Å². The first-order valence-electron chi connectivity index (χ1n) is 8.65. The van der Waals surface area contributed by atoms with Crippen LogP contribution in [0.5, 0.6) is 0 Å². The molecule has 2 aromatic rings. The van der Waals surface area contributed by atoms with E-state index in [1.165, 1.54) is 25.3 Å². The van der Waals surface area contributed by atoms with Crippen LogP contribution in [-0.4, -0.2) is 38.1 Å². The van der Waals surface area contributed by atoms with E-state index in [1.807, 2.05) is 32.0 Å². The van der Waals surface area contributed by atoms with E-state index in [4.69, 9.17) is 0 Å². The second-order valence-electron chi connectivity index (χ2n) is 6.47. The van der Waals surface area contributed by atoms with Gasteiger partial charge in [0.1, 0.15) is 0 Å². The average Bonchev–Trinajstić information content (AvgIpc) is 2.66. The van der Waals surface area contributed by atoms with Gasteiger partial charge < -0.3 is 0 Å². The van der Waals surface area contributed by atoms with Crippen molar-refractivity contribution in [2.24, 2.45) is 0 Å². The van der Waals surface area contributed by atoms with Crippen LogP contribution in [0.1, 0.15) is 16.7 Å². The highest BCUT2D eigenvalue weighted by atomic mass is 79.9. The van der Waals surface area contributed by atoms with E-state index in [2.05, 4.69) is 26.8 Å². The smallest absolute Gasteiger partial charge is 0.262 e. The number of carbonyl (C=O) groups excluding carboxylic acids is 2. The molecule has 0 radical (unpaired) electrons. The molecule has 0 unspecified atom stereocenters. The maximum Gasteiger partial charge on any atom is 0.262 e. The third kappa shape index (κ3) is 6.52. The third-order valence-electron chi connectivity index (χ3n) is 3.99. The molecule has 9 heteroatoms. The molecule has 0 aliphatic carbocycles. The van der Waals surface area contributed by atoms with Crippen LogP contribution >= 0.6 is 15.9 Å². The molecule has 0 aliphatic rings. The lowest BCUT2D eigenvalue weighted by Gasteiger charge is -2.17. The fourth-order valence-electron chi connectivity index (χ4n) is 2.32. The molecule has 0 saturated heterocycles. The molecule has 0 saturated carbocycles. The number of carbonyl (C=O) groups is 2. The fraction of sp³-hybridized carbons (Fsp3) is 0.200. The van der Waals surface area contributed by atoms with Gasteiger partial charge in [0, 0.05) is 17.6 Å². The summed E-state index contributed by atoms with van der Waals surface area (Å²) in [5.41, 5.74) is 7.24. The first kappa shape index (κ1) is 22.8. The van der Waals surface area contributed by atoms with E-state index >= 15 is 0 Å². The van der Waals surface area contributed by atoms with Gasteiger partial charge in [-0.1, -0.05) is 45.8 Å². The number of nitrogens with one attached hydrogen (secondary N) is 2. The number of rotatable bonds is 6. The van der Waals surface area contributed by atoms with E-state index in [1.54, 1.807) is 18.2 Å². The molecule has 154 valence electrons. The molecular weight excluding hydrogens is 458 g/mol. The van der Waals surface area contributed by atoms with Crippen molar-refractivity contribution in [1.82, 2.24) is 15.2 Å². The molecule has 2 N–H and O–H groups in total. The summed E-state index contributed by atoms with van der Waals surface area (Å²) in [5, 5.41) is 0. The monoisotopic (exact) mass is 479 g/mol. The number of amides is 2. The number of hydrogen-bond acceptors (Lipinski definition) is 4. The van der Waals surface area contributed by atoms with E-state index in [0.717, 1.165) is 25.5 Å². The predicted octanol–water partition coefficient (Wildman–Crippen LogP) is 2.55. The van der Waals surface area contributed by atoms with Crippen LogP contribution in [0, 0.1) is 13.8 Å². The Labute approximate surface area is 178 Å². The molecule has 0 aliphatic heterocycles. The van der Waals surface area contributed by atoms with Crippen molar-refractivity contribution in [2.75, 3.05) is 13.6 Å². The summed E-state index contributed by atoms with van der Waals surface area (Å²) < 4.78 is 26.7. The number of sulfonamides is 1. The summed E-state index contributed by atoms with van der Waals surface area (Å²) >= 11 is 3.41. The number of aryl methyl sites for hydroxylation is 2. The number of hydrazine groups is 1. The Morgan fingerprint density at radius 2 is 1.66 bits per heavy atom. The molecule has 7 nitrogen and oxygen atoms in total. The van der Waals surface area contributed by atoms with Gasteiger partial charge in [0.15, 0.2) is 0 Å². The van der Waals surface area contributed by atoms with Gasteiger partial charge in [-0.15, -0.1) is 0 Å². The number of likely N-dealkylation sites (N-methyl/N-ethyl adjacent to an activating group) is 1. The highest BCUT2D eigenvalue weighted by Crippen LogP contribution is 2.19. The molecule has 2 amide bonds. The maximum atomic E-state index is 12.5. The van der Waals surface area contributed by atoms with Crippen molar-refractivity contribution in [3.05, 3.63) is 69.7 Å². The lowest BCUT2D eigenvalue weighted by molar-refractivity contribution is -0.126. The summed E-state index contributed by atoms with van der Waals surface area (Å²) in [7, 11) is -2.51. The minimum Gasteiger partial charge on any atom is -0.272 e. The third-order valence-corrected chi connectivity index (χ3v) is 6.50. The van der Waals surface area contributed by atoms with E-state index < -0.39 is 28.4 Å². The highest BCUT2D eigenvalue weighted by molar-refractivity contribution is 9.10. The van der Waals surface area contributed by atoms with Crippen molar-refractivity contribution in [2.45, 2.75) is 18.7 Å². The number of nitrogens with zero attached hydrogens (tertiary/aromatic N) is 1. The van der Waals surface area contributed by atoms with E-state index in [-0.39, 0.29) is 4.90 Å². The van der Waals surface area contributed by atoms with Crippen molar-refractivity contribution >= 4 is 43.8 Å². The van der Waals surface area contributed by atoms with Crippen LogP contribution in [0.4, 0.5) is 0 Å². The Morgan fingerprint density at radius 3 is 2.28 bits per heavy atom. The molecular formula is C20H22BrN3O4S. The van der Waals surface area contributed by atoms with Gasteiger partial charge in [0.05, 0.1) is 11.4 Å². The quantitative estimate of drug-likeness (QED) is 0.491. The second kappa shape index (κ2) is 9.82. The number of hydrogen-bond donors (Lipinski definition) is 2. The molecule has 2 rings (SSSR count). The molecule has 2 aromatic carbocycles. The Bertz CT molecular complexity index is 1030. The maximum absolute atomic E-state index is 12.5. The van der Waals surface area contributed by atoms with Gasteiger partial charge in [-0.2, -0.15) is 4.31 Å². The Balaban J connectivity index is 1.89. The topological polar surface area (TPSA) is 95.6 Å². The number of halogens is 1. The average molecular weight is 480 g/mol. The largest absolute Gasteiger partial charge is 0.272 e. The standard InChI is InChI=1S/C20H22BrN3O4S/c1-14-5-9-17(10-6-14)29(27,28)24(3)13-20(26)23-22-19(25)11-8-16-7-4-15(2)12-18(16)21/h4-12H,13H2,1-3H3,(H,22,25)(H,23,26)/b11-8+. The highest BCUT2D eigenvalue weighted by Gasteiger charge is 2.22. The summed E-state index contributed by atoms with van der Waals surface area (Å²) in [6, 6.07) is 12.0. The minimum atomic E-state index is -3.80. The second-order valence-corrected chi connectivity index (χ2v) is 9.37. The van der Waals surface area contributed by atoms with Crippen LogP contribution < -0.4 is 10.9 Å². The summed E-state index contributed by atoms with van der Waals surface area (Å²) in [4.78, 5) is 24.0. The normalized spacial score (nSPS) is 11.6.